The van der Waals surface area contributed by atoms with Gasteiger partial charge in [-0.15, -0.1) is 24.0 Å². The van der Waals surface area contributed by atoms with E-state index in [9.17, 15) is 8.42 Å². The first kappa shape index (κ1) is 23.7. The average Bonchev–Trinajstić information content (AvgIpc) is 3.39. The zero-order chi connectivity index (χ0) is 20.3. The van der Waals surface area contributed by atoms with Gasteiger partial charge in [-0.05, 0) is 43.7 Å². The fourth-order valence-electron chi connectivity index (χ4n) is 4.75. The Morgan fingerprint density at radius 1 is 1.20 bits per heavy atom. The van der Waals surface area contributed by atoms with Gasteiger partial charge < -0.3 is 15.0 Å². The van der Waals surface area contributed by atoms with Crippen molar-refractivity contribution in [2.24, 2.45) is 16.3 Å². The second-order valence-corrected chi connectivity index (χ2v) is 10.5. The van der Waals surface area contributed by atoms with Crippen molar-refractivity contribution in [2.75, 3.05) is 53.0 Å². The molecular weight excluding hydrogens is 515 g/mol. The van der Waals surface area contributed by atoms with Gasteiger partial charge in [0.2, 0.25) is 10.0 Å². The van der Waals surface area contributed by atoms with Gasteiger partial charge in [0.25, 0.3) is 0 Å². The van der Waals surface area contributed by atoms with Crippen molar-refractivity contribution < 1.29 is 13.2 Å². The number of ether oxygens (including phenoxy) is 1. The predicted molar refractivity (Wildman–Crippen MR) is 129 cm³/mol. The van der Waals surface area contributed by atoms with Crippen LogP contribution in [0.2, 0.25) is 0 Å². The van der Waals surface area contributed by atoms with Crippen molar-refractivity contribution >= 4 is 40.0 Å². The number of rotatable bonds is 4. The zero-order valence-electron chi connectivity index (χ0n) is 17.6. The van der Waals surface area contributed by atoms with Crippen molar-refractivity contribution in [3.8, 4) is 0 Å². The van der Waals surface area contributed by atoms with Crippen LogP contribution in [0.3, 0.4) is 0 Å². The molecule has 3 saturated heterocycles. The minimum atomic E-state index is -3.38. The lowest BCUT2D eigenvalue weighted by Crippen LogP contribution is -2.45. The molecule has 1 N–H and O–H groups in total. The van der Waals surface area contributed by atoms with Gasteiger partial charge in [0, 0.05) is 51.8 Å². The van der Waals surface area contributed by atoms with Gasteiger partial charge in [-0.3, -0.25) is 4.99 Å². The highest BCUT2D eigenvalue weighted by atomic mass is 127. The fraction of sp³-hybridized carbons (Fsp3) is 0.667. The molecule has 0 aliphatic carbocycles. The number of hydrogen-bond acceptors (Lipinski definition) is 4. The molecule has 1 aromatic carbocycles. The van der Waals surface area contributed by atoms with Gasteiger partial charge in [0.15, 0.2) is 5.96 Å². The first-order valence-corrected chi connectivity index (χ1v) is 12.0. The van der Waals surface area contributed by atoms with Crippen LogP contribution in [0.1, 0.15) is 25.7 Å². The normalized spacial score (nSPS) is 26.2. The smallest absolute Gasteiger partial charge is 0.243 e. The number of aliphatic imine (C=N–C) groups is 1. The minimum Gasteiger partial charge on any atom is -0.381 e. The van der Waals surface area contributed by atoms with E-state index >= 15 is 0 Å². The molecule has 168 valence electrons. The highest BCUT2D eigenvalue weighted by Gasteiger charge is 2.42. The highest BCUT2D eigenvalue weighted by Crippen LogP contribution is 2.38. The van der Waals surface area contributed by atoms with Gasteiger partial charge in [0.1, 0.15) is 0 Å². The fourth-order valence-corrected chi connectivity index (χ4v) is 6.24. The van der Waals surface area contributed by atoms with Crippen molar-refractivity contribution in [3.63, 3.8) is 0 Å². The standard InChI is InChI=1S/C21H32N4O3S.HI/c1-22-20(24-13-9-21(16-24)10-14-28-17-21)23-15-18-7-11-25(12-8-18)29(26,27)19-5-3-2-4-6-19;/h2-6,18H,7-17H2,1H3,(H,22,23);1H. The van der Waals surface area contributed by atoms with E-state index in [1.54, 1.807) is 28.6 Å². The third-order valence-corrected chi connectivity index (χ3v) is 8.55. The molecule has 1 aromatic rings. The largest absolute Gasteiger partial charge is 0.381 e. The summed E-state index contributed by atoms with van der Waals surface area (Å²) in [4.78, 5) is 7.22. The SMILES string of the molecule is CN=C(NCC1CCN(S(=O)(=O)c2ccccc2)CC1)N1CCC2(CCOC2)C1.I. The summed E-state index contributed by atoms with van der Waals surface area (Å²) >= 11 is 0. The van der Waals surface area contributed by atoms with Crippen LogP contribution < -0.4 is 5.32 Å². The van der Waals surface area contributed by atoms with Crippen LogP contribution in [0.4, 0.5) is 0 Å². The number of hydrogen-bond donors (Lipinski definition) is 1. The second-order valence-electron chi connectivity index (χ2n) is 8.56. The molecule has 3 aliphatic heterocycles. The van der Waals surface area contributed by atoms with E-state index in [0.717, 1.165) is 58.1 Å². The Balaban J connectivity index is 0.00000256. The Morgan fingerprint density at radius 3 is 2.57 bits per heavy atom. The lowest BCUT2D eigenvalue weighted by Gasteiger charge is -2.32. The lowest BCUT2D eigenvalue weighted by atomic mass is 9.87. The molecule has 3 fully saturated rings. The molecule has 1 atom stereocenters. The molecule has 1 spiro atoms. The first-order chi connectivity index (χ1) is 14.0. The number of likely N-dealkylation sites (tertiary alicyclic amines) is 1. The van der Waals surface area contributed by atoms with Crippen LogP contribution in [0.25, 0.3) is 0 Å². The Hall–Kier alpha value is -0.910. The van der Waals surface area contributed by atoms with E-state index in [0.29, 0.717) is 29.3 Å². The monoisotopic (exact) mass is 548 g/mol. The zero-order valence-corrected chi connectivity index (χ0v) is 20.8. The van der Waals surface area contributed by atoms with E-state index in [1.807, 2.05) is 13.1 Å². The maximum absolute atomic E-state index is 12.8. The number of nitrogens with zero attached hydrogens (tertiary/aromatic N) is 3. The van der Waals surface area contributed by atoms with Crippen LogP contribution in [-0.2, 0) is 14.8 Å². The summed E-state index contributed by atoms with van der Waals surface area (Å²) in [7, 11) is -1.54. The highest BCUT2D eigenvalue weighted by molar-refractivity contribution is 14.0. The first-order valence-electron chi connectivity index (χ1n) is 10.6. The molecule has 0 bridgehead atoms. The number of halogens is 1. The average molecular weight is 548 g/mol. The molecule has 1 unspecified atom stereocenters. The van der Waals surface area contributed by atoms with E-state index < -0.39 is 10.0 Å². The molecule has 9 heteroatoms. The molecule has 30 heavy (non-hydrogen) atoms. The molecule has 0 aromatic heterocycles. The summed E-state index contributed by atoms with van der Waals surface area (Å²) in [6.07, 6.45) is 4.06. The van der Waals surface area contributed by atoms with Gasteiger partial charge in [-0.25, -0.2) is 8.42 Å². The van der Waals surface area contributed by atoms with Gasteiger partial charge in [0.05, 0.1) is 11.5 Å². The van der Waals surface area contributed by atoms with Crippen molar-refractivity contribution in [3.05, 3.63) is 30.3 Å². The van der Waals surface area contributed by atoms with Gasteiger partial charge in [-0.2, -0.15) is 4.31 Å². The minimum absolute atomic E-state index is 0. The second kappa shape index (κ2) is 10.1. The van der Waals surface area contributed by atoms with Crippen molar-refractivity contribution in [2.45, 2.75) is 30.6 Å². The number of guanidine groups is 1. The van der Waals surface area contributed by atoms with Crippen LogP contribution in [-0.4, -0.2) is 76.6 Å². The van der Waals surface area contributed by atoms with E-state index in [2.05, 4.69) is 15.2 Å². The lowest BCUT2D eigenvalue weighted by molar-refractivity contribution is 0.156. The summed E-state index contributed by atoms with van der Waals surface area (Å²) < 4.78 is 32.8. The van der Waals surface area contributed by atoms with E-state index in [4.69, 9.17) is 4.74 Å². The summed E-state index contributed by atoms with van der Waals surface area (Å²) in [6.45, 7) is 5.78. The molecule has 3 aliphatic rings. The number of benzene rings is 1. The van der Waals surface area contributed by atoms with Crippen LogP contribution in [0, 0.1) is 11.3 Å². The van der Waals surface area contributed by atoms with Gasteiger partial charge in [-0.1, -0.05) is 18.2 Å². The molecular formula is C21H33IN4O3S. The van der Waals surface area contributed by atoms with Crippen molar-refractivity contribution in [1.29, 1.82) is 0 Å². The topological polar surface area (TPSA) is 74.2 Å². The Kier molecular flexibility index (Phi) is 8.03. The van der Waals surface area contributed by atoms with E-state index in [-0.39, 0.29) is 24.0 Å². The predicted octanol–water partition coefficient (Wildman–Crippen LogP) is 2.39. The molecule has 0 saturated carbocycles. The summed E-state index contributed by atoms with van der Waals surface area (Å²) in [5.41, 5.74) is 0.314. The maximum Gasteiger partial charge on any atom is 0.243 e. The molecule has 3 heterocycles. The molecule has 0 amide bonds. The number of sulfonamides is 1. The summed E-state index contributed by atoms with van der Waals surface area (Å²) in [5, 5.41) is 3.54. The maximum atomic E-state index is 12.8. The Labute approximate surface area is 197 Å². The number of piperidine rings is 1. The molecule has 0 radical (unpaired) electrons. The quantitative estimate of drug-likeness (QED) is 0.356. The van der Waals surface area contributed by atoms with Gasteiger partial charge >= 0.3 is 0 Å². The Bertz CT molecular complexity index is 820. The summed E-state index contributed by atoms with van der Waals surface area (Å²) in [5.74, 6) is 1.42. The van der Waals surface area contributed by atoms with Crippen LogP contribution >= 0.6 is 24.0 Å². The van der Waals surface area contributed by atoms with E-state index in [1.165, 1.54) is 6.42 Å². The van der Waals surface area contributed by atoms with Crippen LogP contribution in [0.5, 0.6) is 0 Å². The number of nitrogens with one attached hydrogen (secondary N) is 1. The van der Waals surface area contributed by atoms with Crippen molar-refractivity contribution in [1.82, 2.24) is 14.5 Å². The van der Waals surface area contributed by atoms with Crippen LogP contribution in [0.15, 0.2) is 40.2 Å². The Morgan fingerprint density at radius 2 is 1.93 bits per heavy atom. The molecule has 7 nitrogen and oxygen atoms in total. The third kappa shape index (κ3) is 5.11. The third-order valence-electron chi connectivity index (χ3n) is 6.64. The molecule has 4 rings (SSSR count). The summed E-state index contributed by atoms with van der Waals surface area (Å²) in [6, 6.07) is 8.73.